The molecule has 0 atom stereocenters. The number of nitrogens with zero attached hydrogens (tertiary/aromatic N) is 2. The number of hydrogen-bond acceptors (Lipinski definition) is 2. The minimum Gasteiger partial charge on any atom is -0.354 e. The maximum Gasteiger partial charge on any atom is 0.251 e. The zero-order valence-corrected chi connectivity index (χ0v) is 16.0. The summed E-state index contributed by atoms with van der Waals surface area (Å²) in [6.45, 7) is 12.5. The number of aryl methyl sites for hydroxylation is 1. The van der Waals surface area contributed by atoms with Crippen molar-refractivity contribution < 1.29 is 9.18 Å². The molecular weight excluding hydrogens is 319 g/mol. The van der Waals surface area contributed by atoms with Gasteiger partial charge in [0, 0.05) is 43.2 Å². The molecule has 1 saturated heterocycles. The van der Waals surface area contributed by atoms with Crippen molar-refractivity contribution in [1.82, 2.24) is 15.5 Å². The lowest BCUT2D eigenvalue weighted by Gasteiger charge is -2.62. The highest BCUT2D eigenvalue weighted by atomic mass is 19.1. The lowest BCUT2D eigenvalue weighted by atomic mass is 9.65. The Labute approximate surface area is 149 Å². The van der Waals surface area contributed by atoms with E-state index in [1.165, 1.54) is 6.07 Å². The Morgan fingerprint density at radius 1 is 1.24 bits per heavy atom. The van der Waals surface area contributed by atoms with Gasteiger partial charge in [0.1, 0.15) is 5.82 Å². The second-order valence-electron chi connectivity index (χ2n) is 7.72. The Bertz CT molecular complexity index is 682. The zero-order chi connectivity index (χ0) is 18.8. The van der Waals surface area contributed by atoms with E-state index in [-0.39, 0.29) is 22.7 Å². The molecule has 25 heavy (non-hydrogen) atoms. The monoisotopic (exact) mass is 348 g/mol. The molecule has 1 fully saturated rings. The van der Waals surface area contributed by atoms with Gasteiger partial charge in [-0.3, -0.25) is 9.79 Å². The number of amides is 1. The number of hydrogen-bond donors (Lipinski definition) is 2. The van der Waals surface area contributed by atoms with E-state index in [1.807, 2.05) is 0 Å². The standard InChI is InChI=1S/C19H29FN4O/c1-13-7-8-14(11-15(13)20)16(25)22-9-10-23-17(21-6)24-12-18(2,3)19(24,4)5/h7-8,11H,9-10,12H2,1-6H3,(H,21,23)(H,22,25). The number of guanidine groups is 1. The van der Waals surface area contributed by atoms with E-state index in [2.05, 4.69) is 48.2 Å². The fourth-order valence-corrected chi connectivity index (χ4v) is 2.88. The molecule has 1 aromatic rings. The van der Waals surface area contributed by atoms with Crippen LogP contribution in [0.3, 0.4) is 0 Å². The van der Waals surface area contributed by atoms with Crippen molar-refractivity contribution in [2.75, 3.05) is 26.7 Å². The van der Waals surface area contributed by atoms with E-state index in [9.17, 15) is 9.18 Å². The number of carbonyl (C=O) groups excluding carboxylic acids is 1. The predicted octanol–water partition coefficient (Wildman–Crippen LogP) is 2.56. The van der Waals surface area contributed by atoms with Crippen LogP contribution in [0.2, 0.25) is 0 Å². The number of likely N-dealkylation sites (tertiary alicyclic amines) is 1. The van der Waals surface area contributed by atoms with Crippen molar-refractivity contribution in [3.8, 4) is 0 Å². The van der Waals surface area contributed by atoms with Crippen molar-refractivity contribution in [1.29, 1.82) is 0 Å². The third-order valence-electron chi connectivity index (χ3n) is 5.48. The normalized spacial score (nSPS) is 18.5. The molecule has 6 heteroatoms. The first-order valence-electron chi connectivity index (χ1n) is 8.63. The fourth-order valence-electron chi connectivity index (χ4n) is 2.88. The third-order valence-corrected chi connectivity index (χ3v) is 5.48. The van der Waals surface area contributed by atoms with Gasteiger partial charge in [-0.05, 0) is 38.5 Å². The van der Waals surface area contributed by atoms with Crippen LogP contribution < -0.4 is 10.6 Å². The molecule has 0 unspecified atom stereocenters. The van der Waals surface area contributed by atoms with E-state index < -0.39 is 0 Å². The second-order valence-corrected chi connectivity index (χ2v) is 7.72. The number of aliphatic imine (C=N–C) groups is 1. The molecule has 1 aliphatic rings. The summed E-state index contributed by atoms with van der Waals surface area (Å²) in [6, 6.07) is 4.50. The Morgan fingerprint density at radius 2 is 1.88 bits per heavy atom. The van der Waals surface area contributed by atoms with E-state index >= 15 is 0 Å². The summed E-state index contributed by atoms with van der Waals surface area (Å²) in [7, 11) is 1.76. The summed E-state index contributed by atoms with van der Waals surface area (Å²) in [5, 5.41) is 6.07. The molecule has 1 amide bonds. The van der Waals surface area contributed by atoms with Gasteiger partial charge in [-0.15, -0.1) is 0 Å². The Kier molecular flexibility index (Phi) is 5.40. The second kappa shape index (κ2) is 7.02. The maximum atomic E-state index is 13.5. The SMILES string of the molecule is CN=C(NCCNC(=O)c1ccc(C)c(F)c1)N1CC(C)(C)C1(C)C. The molecule has 0 spiro atoms. The molecule has 2 rings (SSSR count). The van der Waals surface area contributed by atoms with E-state index in [0.29, 0.717) is 24.2 Å². The van der Waals surface area contributed by atoms with Crippen LogP contribution >= 0.6 is 0 Å². The van der Waals surface area contributed by atoms with Crippen molar-refractivity contribution in [3.05, 3.63) is 35.1 Å². The molecule has 0 saturated carbocycles. The molecular formula is C19H29FN4O. The fraction of sp³-hybridized carbons (Fsp3) is 0.579. The highest BCUT2D eigenvalue weighted by Crippen LogP contribution is 2.46. The summed E-state index contributed by atoms with van der Waals surface area (Å²) in [6.07, 6.45) is 0. The lowest BCUT2D eigenvalue weighted by Crippen LogP contribution is -2.72. The number of nitrogens with one attached hydrogen (secondary N) is 2. The molecule has 2 N–H and O–H groups in total. The topological polar surface area (TPSA) is 56.7 Å². The Balaban J connectivity index is 1.82. The summed E-state index contributed by atoms with van der Waals surface area (Å²) >= 11 is 0. The zero-order valence-electron chi connectivity index (χ0n) is 16.0. The molecule has 1 aromatic carbocycles. The molecule has 1 aliphatic heterocycles. The van der Waals surface area contributed by atoms with Gasteiger partial charge in [-0.2, -0.15) is 0 Å². The van der Waals surface area contributed by atoms with Crippen molar-refractivity contribution in [3.63, 3.8) is 0 Å². The van der Waals surface area contributed by atoms with Crippen LogP contribution in [0.1, 0.15) is 43.6 Å². The smallest absolute Gasteiger partial charge is 0.251 e. The van der Waals surface area contributed by atoms with Crippen LogP contribution in [0.15, 0.2) is 23.2 Å². The summed E-state index contributed by atoms with van der Waals surface area (Å²) in [5.41, 5.74) is 1.12. The number of benzene rings is 1. The van der Waals surface area contributed by atoms with Crippen molar-refractivity contribution in [2.45, 2.75) is 40.2 Å². The highest BCUT2D eigenvalue weighted by Gasteiger charge is 2.53. The summed E-state index contributed by atoms with van der Waals surface area (Å²) < 4.78 is 13.5. The van der Waals surface area contributed by atoms with Gasteiger partial charge in [0.25, 0.3) is 5.91 Å². The van der Waals surface area contributed by atoms with Gasteiger partial charge in [-0.1, -0.05) is 19.9 Å². The quantitative estimate of drug-likeness (QED) is 0.499. The average molecular weight is 348 g/mol. The molecule has 0 aromatic heterocycles. The Morgan fingerprint density at radius 3 is 2.40 bits per heavy atom. The predicted molar refractivity (Wildman–Crippen MR) is 99.4 cm³/mol. The number of carbonyl (C=O) groups is 1. The average Bonchev–Trinajstić information content (AvgIpc) is 2.55. The van der Waals surface area contributed by atoms with Crippen LogP contribution in [-0.2, 0) is 0 Å². The van der Waals surface area contributed by atoms with Gasteiger partial charge >= 0.3 is 0 Å². The van der Waals surface area contributed by atoms with Crippen LogP contribution in [0.5, 0.6) is 0 Å². The minimum absolute atomic E-state index is 0.0253. The molecule has 0 bridgehead atoms. The van der Waals surface area contributed by atoms with Crippen LogP contribution in [0.25, 0.3) is 0 Å². The van der Waals surface area contributed by atoms with E-state index in [1.54, 1.807) is 26.1 Å². The lowest BCUT2D eigenvalue weighted by molar-refractivity contribution is -0.0666. The molecule has 138 valence electrons. The number of rotatable bonds is 4. The number of halogens is 1. The van der Waals surface area contributed by atoms with E-state index in [0.717, 1.165) is 12.5 Å². The van der Waals surface area contributed by atoms with Gasteiger partial charge in [-0.25, -0.2) is 4.39 Å². The van der Waals surface area contributed by atoms with Crippen LogP contribution in [-0.4, -0.2) is 49.0 Å². The third kappa shape index (κ3) is 3.78. The van der Waals surface area contributed by atoms with Gasteiger partial charge in [0.15, 0.2) is 5.96 Å². The molecule has 5 nitrogen and oxygen atoms in total. The minimum atomic E-state index is -0.367. The van der Waals surface area contributed by atoms with Gasteiger partial charge in [0.2, 0.25) is 0 Å². The largest absolute Gasteiger partial charge is 0.354 e. The van der Waals surface area contributed by atoms with Gasteiger partial charge in [0.05, 0.1) is 0 Å². The highest BCUT2D eigenvalue weighted by molar-refractivity contribution is 5.94. The van der Waals surface area contributed by atoms with Crippen molar-refractivity contribution >= 4 is 11.9 Å². The van der Waals surface area contributed by atoms with Crippen LogP contribution in [0.4, 0.5) is 4.39 Å². The molecule has 0 aliphatic carbocycles. The first-order valence-corrected chi connectivity index (χ1v) is 8.63. The Hall–Kier alpha value is -2.11. The molecule has 1 heterocycles. The first kappa shape index (κ1) is 19.2. The maximum absolute atomic E-state index is 13.5. The van der Waals surface area contributed by atoms with E-state index in [4.69, 9.17) is 0 Å². The summed E-state index contributed by atoms with van der Waals surface area (Å²) in [5.74, 6) is 0.190. The van der Waals surface area contributed by atoms with Gasteiger partial charge < -0.3 is 15.5 Å². The summed E-state index contributed by atoms with van der Waals surface area (Å²) in [4.78, 5) is 18.6. The van der Waals surface area contributed by atoms with Crippen LogP contribution in [0, 0.1) is 18.2 Å². The van der Waals surface area contributed by atoms with Crippen molar-refractivity contribution in [2.24, 2.45) is 10.4 Å². The first-order chi connectivity index (χ1) is 11.6. The molecule has 0 radical (unpaired) electrons.